The van der Waals surface area contributed by atoms with E-state index in [2.05, 4.69) is 4.98 Å². The zero-order valence-electron chi connectivity index (χ0n) is 7.00. The lowest BCUT2D eigenvalue weighted by atomic mass is 10.1. The number of hydrogen-bond acceptors (Lipinski definition) is 2. The minimum Gasteiger partial charge on any atom is -0.393 e. The molecule has 1 rings (SSSR count). The molecule has 0 aliphatic rings. The van der Waals surface area contributed by atoms with Crippen LogP contribution in [0.5, 0.6) is 0 Å². The van der Waals surface area contributed by atoms with E-state index in [1.54, 1.807) is 0 Å². The van der Waals surface area contributed by atoms with Gasteiger partial charge in [-0.25, -0.2) is 4.39 Å². The first-order chi connectivity index (χ1) is 5.74. The average Bonchev–Trinajstić information content (AvgIpc) is 2.09. The Hall–Kier alpha value is -0.960. The molecule has 0 aliphatic carbocycles. The summed E-state index contributed by atoms with van der Waals surface area (Å²) in [5.74, 6) is -0.343. The van der Waals surface area contributed by atoms with E-state index < -0.39 is 6.10 Å². The van der Waals surface area contributed by atoms with Crippen LogP contribution >= 0.6 is 0 Å². The second kappa shape index (κ2) is 4.16. The summed E-state index contributed by atoms with van der Waals surface area (Å²) in [7, 11) is 0. The lowest BCUT2D eigenvalue weighted by Crippen LogP contribution is -2.10. The van der Waals surface area contributed by atoms with Crippen molar-refractivity contribution in [3.63, 3.8) is 0 Å². The van der Waals surface area contributed by atoms with Gasteiger partial charge in [-0.05, 0) is 18.6 Å². The lowest BCUT2D eigenvalue weighted by molar-refractivity contribution is 0.168. The third kappa shape index (κ3) is 2.27. The summed E-state index contributed by atoms with van der Waals surface area (Å²) in [5.41, 5.74) is 0.340. The molecule has 0 spiro atoms. The Balaban J connectivity index is 2.69. The molecule has 0 amide bonds. The van der Waals surface area contributed by atoms with Gasteiger partial charge in [-0.3, -0.25) is 4.98 Å². The summed E-state index contributed by atoms with van der Waals surface area (Å²) in [6.45, 7) is 1.85. The minimum absolute atomic E-state index is 0.295. The molecule has 0 saturated carbocycles. The van der Waals surface area contributed by atoms with Crippen LogP contribution in [0.15, 0.2) is 18.3 Å². The molecule has 0 radical (unpaired) electrons. The van der Waals surface area contributed by atoms with Crippen molar-refractivity contribution < 1.29 is 9.50 Å². The molecule has 0 aromatic carbocycles. The monoisotopic (exact) mass is 169 g/mol. The van der Waals surface area contributed by atoms with Gasteiger partial charge in [0.1, 0.15) is 5.82 Å². The SMILES string of the molecule is CCC(O)Cc1ncccc1F. The van der Waals surface area contributed by atoms with E-state index in [1.807, 2.05) is 6.92 Å². The van der Waals surface area contributed by atoms with Crippen LogP contribution in [0.25, 0.3) is 0 Å². The summed E-state index contributed by atoms with van der Waals surface area (Å²) >= 11 is 0. The standard InChI is InChI=1S/C9H12FNO/c1-2-7(12)6-9-8(10)4-3-5-11-9/h3-5,7,12H,2,6H2,1H3. The second-order valence-corrected chi connectivity index (χ2v) is 2.70. The van der Waals surface area contributed by atoms with Crippen LogP contribution in [0.2, 0.25) is 0 Å². The summed E-state index contributed by atoms with van der Waals surface area (Å²) in [5, 5.41) is 9.23. The molecule has 3 heteroatoms. The van der Waals surface area contributed by atoms with E-state index in [0.29, 0.717) is 18.5 Å². The molecule has 66 valence electrons. The van der Waals surface area contributed by atoms with Crippen molar-refractivity contribution >= 4 is 0 Å². The smallest absolute Gasteiger partial charge is 0.144 e. The van der Waals surface area contributed by atoms with Crippen molar-refractivity contribution in [3.8, 4) is 0 Å². The highest BCUT2D eigenvalue weighted by atomic mass is 19.1. The van der Waals surface area contributed by atoms with Gasteiger partial charge in [0, 0.05) is 12.6 Å². The average molecular weight is 169 g/mol. The molecule has 1 N–H and O–H groups in total. The summed E-state index contributed by atoms with van der Waals surface area (Å²) in [6.07, 6.45) is 1.95. The first-order valence-corrected chi connectivity index (χ1v) is 4.01. The molecule has 1 unspecified atom stereocenters. The topological polar surface area (TPSA) is 33.1 Å². The van der Waals surface area contributed by atoms with Crippen LogP contribution in [-0.4, -0.2) is 16.2 Å². The number of aromatic nitrogens is 1. The molecule has 0 saturated heterocycles. The quantitative estimate of drug-likeness (QED) is 0.744. The number of nitrogens with zero attached hydrogens (tertiary/aromatic N) is 1. The Kier molecular flexibility index (Phi) is 3.17. The Labute approximate surface area is 71.1 Å². The highest BCUT2D eigenvalue weighted by Crippen LogP contribution is 2.06. The van der Waals surface area contributed by atoms with Gasteiger partial charge in [0.05, 0.1) is 11.8 Å². The van der Waals surface area contributed by atoms with E-state index >= 15 is 0 Å². The van der Waals surface area contributed by atoms with Crippen LogP contribution in [0.1, 0.15) is 19.0 Å². The molecule has 1 aromatic heterocycles. The predicted molar refractivity (Wildman–Crippen MR) is 44.2 cm³/mol. The first kappa shape index (κ1) is 9.13. The van der Waals surface area contributed by atoms with Crippen molar-refractivity contribution in [2.75, 3.05) is 0 Å². The number of aliphatic hydroxyl groups excluding tert-OH is 1. The first-order valence-electron chi connectivity index (χ1n) is 4.01. The zero-order valence-corrected chi connectivity index (χ0v) is 7.00. The largest absolute Gasteiger partial charge is 0.393 e. The van der Waals surface area contributed by atoms with Crippen molar-refractivity contribution in [1.29, 1.82) is 0 Å². The van der Waals surface area contributed by atoms with Crippen molar-refractivity contribution in [2.24, 2.45) is 0 Å². The molecule has 0 bridgehead atoms. The normalized spacial score (nSPS) is 12.9. The molecular weight excluding hydrogens is 157 g/mol. The van der Waals surface area contributed by atoms with Crippen molar-refractivity contribution in [1.82, 2.24) is 4.98 Å². The molecule has 12 heavy (non-hydrogen) atoms. The minimum atomic E-state index is -0.491. The van der Waals surface area contributed by atoms with Gasteiger partial charge < -0.3 is 5.11 Å². The third-order valence-electron chi connectivity index (χ3n) is 1.73. The molecule has 0 fully saturated rings. The van der Waals surface area contributed by atoms with E-state index in [-0.39, 0.29) is 5.82 Å². The van der Waals surface area contributed by atoms with E-state index in [0.717, 1.165) is 0 Å². The Morgan fingerprint density at radius 2 is 2.42 bits per heavy atom. The summed E-state index contributed by atoms with van der Waals surface area (Å²) in [6, 6.07) is 2.89. The Bertz CT molecular complexity index is 252. The number of aliphatic hydroxyl groups is 1. The Morgan fingerprint density at radius 3 is 3.00 bits per heavy atom. The predicted octanol–water partition coefficient (Wildman–Crippen LogP) is 1.53. The van der Waals surface area contributed by atoms with E-state index in [4.69, 9.17) is 0 Å². The molecule has 1 atom stereocenters. The van der Waals surface area contributed by atoms with Gasteiger partial charge in [-0.2, -0.15) is 0 Å². The summed E-state index contributed by atoms with van der Waals surface area (Å²) in [4.78, 5) is 3.83. The lowest BCUT2D eigenvalue weighted by Gasteiger charge is -2.06. The fraction of sp³-hybridized carbons (Fsp3) is 0.444. The van der Waals surface area contributed by atoms with Crippen LogP contribution in [0, 0.1) is 5.82 Å². The molecule has 0 aliphatic heterocycles. The van der Waals surface area contributed by atoms with Crippen molar-refractivity contribution in [2.45, 2.75) is 25.9 Å². The van der Waals surface area contributed by atoms with E-state index in [9.17, 15) is 9.50 Å². The Morgan fingerprint density at radius 1 is 1.67 bits per heavy atom. The van der Waals surface area contributed by atoms with Gasteiger partial charge in [0.25, 0.3) is 0 Å². The van der Waals surface area contributed by atoms with Crippen LogP contribution in [0.4, 0.5) is 4.39 Å². The van der Waals surface area contributed by atoms with Gasteiger partial charge >= 0.3 is 0 Å². The van der Waals surface area contributed by atoms with Gasteiger partial charge in [0.15, 0.2) is 0 Å². The van der Waals surface area contributed by atoms with E-state index in [1.165, 1.54) is 18.3 Å². The molecule has 1 heterocycles. The maximum atomic E-state index is 12.9. The van der Waals surface area contributed by atoms with Crippen LogP contribution in [-0.2, 0) is 6.42 Å². The number of hydrogen-bond donors (Lipinski definition) is 1. The fourth-order valence-electron chi connectivity index (χ4n) is 0.936. The second-order valence-electron chi connectivity index (χ2n) is 2.70. The maximum absolute atomic E-state index is 12.9. The summed E-state index contributed by atoms with van der Waals surface area (Å²) < 4.78 is 12.9. The van der Waals surface area contributed by atoms with Crippen LogP contribution < -0.4 is 0 Å². The zero-order chi connectivity index (χ0) is 8.97. The number of rotatable bonds is 3. The fourth-order valence-corrected chi connectivity index (χ4v) is 0.936. The van der Waals surface area contributed by atoms with Gasteiger partial charge in [0.2, 0.25) is 0 Å². The van der Waals surface area contributed by atoms with Crippen LogP contribution in [0.3, 0.4) is 0 Å². The van der Waals surface area contributed by atoms with Gasteiger partial charge in [-0.1, -0.05) is 6.92 Å². The number of pyridine rings is 1. The molecular formula is C9H12FNO. The number of halogens is 1. The highest BCUT2D eigenvalue weighted by Gasteiger charge is 2.07. The molecule has 1 aromatic rings. The maximum Gasteiger partial charge on any atom is 0.144 e. The van der Waals surface area contributed by atoms with Gasteiger partial charge in [-0.15, -0.1) is 0 Å². The third-order valence-corrected chi connectivity index (χ3v) is 1.73. The highest BCUT2D eigenvalue weighted by molar-refractivity contribution is 5.07. The van der Waals surface area contributed by atoms with Crippen molar-refractivity contribution in [3.05, 3.63) is 29.8 Å². The molecule has 2 nitrogen and oxygen atoms in total.